The number of carbonyl (C=O) groups excluding carboxylic acids is 1. The minimum absolute atomic E-state index is 0.0818. The Morgan fingerprint density at radius 1 is 0.970 bits per heavy atom. The number of ether oxygens (including phenoxy) is 2. The van der Waals surface area contributed by atoms with Crippen molar-refractivity contribution in [3.63, 3.8) is 0 Å². The molecule has 7 nitrogen and oxygen atoms in total. The molecule has 1 saturated heterocycles. The molecule has 0 radical (unpaired) electrons. The Hall–Kier alpha value is -3.03. The van der Waals surface area contributed by atoms with Crippen LogP contribution in [0.5, 0.6) is 11.5 Å². The lowest BCUT2D eigenvalue weighted by Crippen LogP contribution is -2.52. The Bertz CT molecular complexity index is 1100. The van der Waals surface area contributed by atoms with Gasteiger partial charge < -0.3 is 19.3 Å². The van der Waals surface area contributed by atoms with Crippen molar-refractivity contribution in [1.29, 1.82) is 0 Å². The molecule has 1 fully saturated rings. The number of anilines is 1. The number of nitrogens with zero attached hydrogens (tertiary/aromatic N) is 4. The summed E-state index contributed by atoms with van der Waals surface area (Å²) in [6, 6.07) is 16.5. The monoisotopic (exact) mass is 486 g/mol. The van der Waals surface area contributed by atoms with Crippen molar-refractivity contribution in [3.05, 3.63) is 64.6 Å². The molecule has 1 aliphatic rings. The molecular weight excluding hydrogens is 463 g/mol. The standard InChI is InChI=1S/C24H24Cl2N4O3/c1-16(33-22-9-5-18(25)15-20(22)26)24(31)30-13-11-29(12-14-30)23-10-8-21(27-28-23)17-3-6-19(32-2)7-4-17/h3-10,15-16H,11-14H2,1-2H3. The van der Waals surface area contributed by atoms with E-state index in [4.69, 9.17) is 32.7 Å². The van der Waals surface area contributed by atoms with Crippen molar-refractivity contribution in [1.82, 2.24) is 15.1 Å². The number of halogens is 2. The molecule has 2 aromatic carbocycles. The largest absolute Gasteiger partial charge is 0.497 e. The van der Waals surface area contributed by atoms with Gasteiger partial charge in [-0.25, -0.2) is 0 Å². The fourth-order valence-corrected chi connectivity index (χ4v) is 4.09. The Kier molecular flexibility index (Phi) is 7.20. The summed E-state index contributed by atoms with van der Waals surface area (Å²) in [5.41, 5.74) is 1.77. The van der Waals surface area contributed by atoms with Crippen molar-refractivity contribution in [2.24, 2.45) is 0 Å². The topological polar surface area (TPSA) is 67.8 Å². The van der Waals surface area contributed by atoms with E-state index in [9.17, 15) is 4.79 Å². The van der Waals surface area contributed by atoms with Crippen LogP contribution in [0.15, 0.2) is 54.6 Å². The average molecular weight is 487 g/mol. The molecule has 0 bridgehead atoms. The summed E-state index contributed by atoms with van der Waals surface area (Å²) in [5, 5.41) is 9.65. The van der Waals surface area contributed by atoms with Gasteiger partial charge in [-0.1, -0.05) is 23.2 Å². The first-order valence-electron chi connectivity index (χ1n) is 10.6. The van der Waals surface area contributed by atoms with Gasteiger partial charge in [0.1, 0.15) is 11.5 Å². The molecule has 1 aromatic heterocycles. The molecule has 1 atom stereocenters. The van der Waals surface area contributed by atoms with Gasteiger partial charge in [0.05, 0.1) is 17.8 Å². The second kappa shape index (κ2) is 10.3. The molecule has 0 N–H and O–H groups in total. The highest BCUT2D eigenvalue weighted by molar-refractivity contribution is 6.35. The number of piperazine rings is 1. The summed E-state index contributed by atoms with van der Waals surface area (Å²) in [4.78, 5) is 16.8. The quantitative estimate of drug-likeness (QED) is 0.508. The Balaban J connectivity index is 1.32. The molecule has 1 aliphatic heterocycles. The van der Waals surface area contributed by atoms with Crippen LogP contribution in [0.2, 0.25) is 10.0 Å². The fraction of sp³-hybridized carbons (Fsp3) is 0.292. The van der Waals surface area contributed by atoms with E-state index >= 15 is 0 Å². The number of rotatable bonds is 6. The number of hydrogen-bond acceptors (Lipinski definition) is 6. The van der Waals surface area contributed by atoms with Crippen molar-refractivity contribution >= 4 is 34.9 Å². The van der Waals surface area contributed by atoms with Crippen LogP contribution in [0.3, 0.4) is 0 Å². The highest BCUT2D eigenvalue weighted by atomic mass is 35.5. The number of carbonyl (C=O) groups is 1. The highest BCUT2D eigenvalue weighted by Crippen LogP contribution is 2.28. The van der Waals surface area contributed by atoms with E-state index in [1.807, 2.05) is 36.4 Å². The molecule has 9 heteroatoms. The average Bonchev–Trinajstić information content (AvgIpc) is 2.85. The van der Waals surface area contributed by atoms with E-state index in [1.54, 1.807) is 37.1 Å². The molecular formula is C24H24Cl2N4O3. The van der Waals surface area contributed by atoms with Gasteiger partial charge in [-0.15, -0.1) is 10.2 Å². The first-order valence-corrected chi connectivity index (χ1v) is 11.3. The third-order valence-corrected chi connectivity index (χ3v) is 6.03. The number of methoxy groups -OCH3 is 1. The number of aromatic nitrogens is 2. The molecule has 0 aliphatic carbocycles. The van der Waals surface area contributed by atoms with Gasteiger partial charge in [-0.3, -0.25) is 4.79 Å². The van der Waals surface area contributed by atoms with Crippen LogP contribution in [0.4, 0.5) is 5.82 Å². The first-order chi connectivity index (χ1) is 15.9. The fourth-order valence-electron chi connectivity index (χ4n) is 3.63. The van der Waals surface area contributed by atoms with Gasteiger partial charge in [0.2, 0.25) is 0 Å². The van der Waals surface area contributed by atoms with Gasteiger partial charge in [-0.05, 0) is 61.5 Å². The molecule has 1 unspecified atom stereocenters. The molecule has 33 heavy (non-hydrogen) atoms. The highest BCUT2D eigenvalue weighted by Gasteiger charge is 2.27. The summed E-state index contributed by atoms with van der Waals surface area (Å²) in [7, 11) is 1.64. The smallest absolute Gasteiger partial charge is 0.263 e. The van der Waals surface area contributed by atoms with E-state index in [0.717, 1.165) is 22.8 Å². The van der Waals surface area contributed by atoms with Crippen molar-refractivity contribution < 1.29 is 14.3 Å². The zero-order valence-corrected chi connectivity index (χ0v) is 19.9. The van der Waals surface area contributed by atoms with Crippen molar-refractivity contribution in [2.75, 3.05) is 38.2 Å². The lowest BCUT2D eigenvalue weighted by Gasteiger charge is -2.36. The van der Waals surface area contributed by atoms with Crippen LogP contribution < -0.4 is 14.4 Å². The summed E-state index contributed by atoms with van der Waals surface area (Å²) in [6.07, 6.45) is -0.654. The Labute approximate surface area is 202 Å². The van der Waals surface area contributed by atoms with Crippen LogP contribution in [0.25, 0.3) is 11.3 Å². The van der Waals surface area contributed by atoms with Crippen LogP contribution in [-0.2, 0) is 4.79 Å². The zero-order valence-electron chi connectivity index (χ0n) is 18.4. The van der Waals surface area contributed by atoms with E-state index in [1.165, 1.54) is 0 Å². The lowest BCUT2D eigenvalue weighted by atomic mass is 10.1. The van der Waals surface area contributed by atoms with Gasteiger partial charge in [0.15, 0.2) is 11.9 Å². The Morgan fingerprint density at radius 2 is 1.70 bits per heavy atom. The second-order valence-electron chi connectivity index (χ2n) is 7.65. The van der Waals surface area contributed by atoms with E-state index in [-0.39, 0.29) is 5.91 Å². The normalized spacial score (nSPS) is 14.7. The maximum absolute atomic E-state index is 12.8. The summed E-state index contributed by atoms with van der Waals surface area (Å²) in [6.45, 7) is 4.20. The zero-order chi connectivity index (χ0) is 23.4. The van der Waals surface area contributed by atoms with E-state index < -0.39 is 6.10 Å². The van der Waals surface area contributed by atoms with Gasteiger partial charge in [0.25, 0.3) is 5.91 Å². The lowest BCUT2D eigenvalue weighted by molar-refractivity contribution is -0.138. The minimum atomic E-state index is -0.654. The molecule has 1 amide bonds. The van der Waals surface area contributed by atoms with E-state index in [2.05, 4.69) is 15.1 Å². The van der Waals surface area contributed by atoms with Crippen LogP contribution >= 0.6 is 23.2 Å². The number of amides is 1. The summed E-state index contributed by atoms with van der Waals surface area (Å²) < 4.78 is 11.0. The van der Waals surface area contributed by atoms with Crippen molar-refractivity contribution in [2.45, 2.75) is 13.0 Å². The number of benzene rings is 2. The molecule has 0 spiro atoms. The molecule has 4 rings (SSSR count). The predicted octanol–water partition coefficient (Wildman–Crippen LogP) is 4.58. The maximum atomic E-state index is 12.8. The predicted molar refractivity (Wildman–Crippen MR) is 129 cm³/mol. The summed E-state index contributed by atoms with van der Waals surface area (Å²) >= 11 is 12.1. The van der Waals surface area contributed by atoms with E-state index in [0.29, 0.717) is 42.0 Å². The van der Waals surface area contributed by atoms with Gasteiger partial charge >= 0.3 is 0 Å². The summed E-state index contributed by atoms with van der Waals surface area (Å²) in [5.74, 6) is 1.94. The molecule has 3 aromatic rings. The minimum Gasteiger partial charge on any atom is -0.497 e. The second-order valence-corrected chi connectivity index (χ2v) is 8.50. The van der Waals surface area contributed by atoms with Crippen molar-refractivity contribution in [3.8, 4) is 22.8 Å². The molecule has 2 heterocycles. The first kappa shape index (κ1) is 23.1. The van der Waals surface area contributed by atoms with Crippen LogP contribution in [-0.4, -0.2) is 60.4 Å². The molecule has 172 valence electrons. The maximum Gasteiger partial charge on any atom is 0.263 e. The van der Waals surface area contributed by atoms with Crippen LogP contribution in [0, 0.1) is 0 Å². The van der Waals surface area contributed by atoms with Gasteiger partial charge in [-0.2, -0.15) is 0 Å². The van der Waals surface area contributed by atoms with Crippen LogP contribution in [0.1, 0.15) is 6.92 Å². The Morgan fingerprint density at radius 3 is 2.30 bits per heavy atom. The third-order valence-electron chi connectivity index (χ3n) is 5.50. The number of hydrogen-bond donors (Lipinski definition) is 0. The van der Waals surface area contributed by atoms with Gasteiger partial charge in [0, 0.05) is 36.8 Å². The molecule has 0 saturated carbocycles. The SMILES string of the molecule is COc1ccc(-c2ccc(N3CCN(C(=O)C(C)Oc4ccc(Cl)cc4Cl)CC3)nn2)cc1. The third kappa shape index (κ3) is 5.49.